The van der Waals surface area contributed by atoms with Gasteiger partial charge in [-0.1, -0.05) is 42.5 Å². The molecular weight excluding hydrogens is 424 g/mol. The van der Waals surface area contributed by atoms with Crippen molar-refractivity contribution in [3.63, 3.8) is 0 Å². The number of rotatable bonds is 6. The van der Waals surface area contributed by atoms with Gasteiger partial charge in [0, 0.05) is 37.4 Å². The molecule has 0 unspecified atom stereocenters. The normalized spacial score (nSPS) is 13.8. The number of hydrogen-bond acceptors (Lipinski definition) is 4. The number of anilines is 1. The van der Waals surface area contributed by atoms with E-state index in [0.717, 1.165) is 43.0 Å². The van der Waals surface area contributed by atoms with Gasteiger partial charge in [-0.25, -0.2) is 0 Å². The molecular formula is C28H28N4O2. The zero-order chi connectivity index (χ0) is 23.9. The molecule has 0 N–H and O–H groups in total. The molecule has 0 bridgehead atoms. The highest BCUT2D eigenvalue weighted by Gasteiger charge is 2.21. The molecule has 3 aromatic rings. The number of nitriles is 1. The molecule has 0 saturated carbocycles. The van der Waals surface area contributed by atoms with Crippen LogP contribution >= 0.6 is 0 Å². The van der Waals surface area contributed by atoms with E-state index in [1.54, 1.807) is 29.2 Å². The van der Waals surface area contributed by atoms with Gasteiger partial charge in [0.1, 0.15) is 0 Å². The molecule has 0 spiro atoms. The van der Waals surface area contributed by atoms with Crippen molar-refractivity contribution in [1.82, 2.24) is 9.80 Å². The van der Waals surface area contributed by atoms with Crippen molar-refractivity contribution in [3.05, 3.63) is 101 Å². The van der Waals surface area contributed by atoms with Crippen molar-refractivity contribution in [1.29, 1.82) is 5.26 Å². The second kappa shape index (κ2) is 10.8. The molecule has 6 heteroatoms. The Morgan fingerprint density at radius 1 is 0.882 bits per heavy atom. The van der Waals surface area contributed by atoms with Crippen LogP contribution in [0.15, 0.2) is 78.9 Å². The highest BCUT2D eigenvalue weighted by Crippen LogP contribution is 2.23. The largest absolute Gasteiger partial charge is 0.340 e. The summed E-state index contributed by atoms with van der Waals surface area (Å²) in [5.41, 5.74) is 3.64. The Bertz CT molecular complexity index is 1180. The van der Waals surface area contributed by atoms with Crippen LogP contribution < -0.4 is 4.90 Å². The van der Waals surface area contributed by atoms with Gasteiger partial charge in [0.25, 0.3) is 5.91 Å². The molecule has 1 heterocycles. The van der Waals surface area contributed by atoms with E-state index in [2.05, 4.69) is 18.0 Å². The molecule has 0 radical (unpaired) electrons. The lowest BCUT2D eigenvalue weighted by Crippen LogP contribution is -2.47. The molecule has 34 heavy (non-hydrogen) atoms. The molecule has 4 rings (SSSR count). The molecule has 0 aliphatic carbocycles. The Kier molecular flexibility index (Phi) is 7.36. The van der Waals surface area contributed by atoms with Gasteiger partial charge in [0.15, 0.2) is 0 Å². The summed E-state index contributed by atoms with van der Waals surface area (Å²) in [7, 11) is 2.07. The second-order valence-electron chi connectivity index (χ2n) is 8.60. The average Bonchev–Trinajstić information content (AvgIpc) is 2.88. The number of carbonyl (C=O) groups excluding carboxylic acids is 2. The third-order valence-electron chi connectivity index (χ3n) is 6.12. The van der Waals surface area contributed by atoms with E-state index >= 15 is 0 Å². The van der Waals surface area contributed by atoms with Gasteiger partial charge in [-0.05, 0) is 54.6 Å². The fourth-order valence-electron chi connectivity index (χ4n) is 4.07. The third kappa shape index (κ3) is 5.69. The van der Waals surface area contributed by atoms with Gasteiger partial charge < -0.3 is 14.7 Å². The number of piperazine rings is 1. The van der Waals surface area contributed by atoms with Gasteiger partial charge in [-0.2, -0.15) is 5.26 Å². The molecule has 2 amide bonds. The van der Waals surface area contributed by atoms with Gasteiger partial charge in [-0.3, -0.25) is 9.59 Å². The summed E-state index contributed by atoms with van der Waals surface area (Å²) in [5, 5.41) is 9.08. The first kappa shape index (κ1) is 23.2. The molecule has 1 saturated heterocycles. The van der Waals surface area contributed by atoms with Crippen LogP contribution in [0, 0.1) is 11.3 Å². The van der Waals surface area contributed by atoms with Crippen molar-refractivity contribution in [2.75, 3.05) is 38.1 Å². The summed E-state index contributed by atoms with van der Waals surface area (Å²) in [4.78, 5) is 32.2. The van der Waals surface area contributed by atoms with Crippen LogP contribution in [-0.4, -0.2) is 54.8 Å². The third-order valence-corrected chi connectivity index (χ3v) is 6.12. The van der Waals surface area contributed by atoms with E-state index < -0.39 is 0 Å². The summed E-state index contributed by atoms with van der Waals surface area (Å²) < 4.78 is 0. The van der Waals surface area contributed by atoms with Crippen LogP contribution in [0.25, 0.3) is 0 Å². The van der Waals surface area contributed by atoms with Crippen molar-refractivity contribution in [2.45, 2.75) is 13.0 Å². The summed E-state index contributed by atoms with van der Waals surface area (Å²) in [6.07, 6.45) is 0.307. The van der Waals surface area contributed by atoms with Crippen molar-refractivity contribution < 1.29 is 9.59 Å². The zero-order valence-electron chi connectivity index (χ0n) is 19.4. The van der Waals surface area contributed by atoms with Crippen molar-refractivity contribution >= 4 is 17.5 Å². The average molecular weight is 453 g/mol. The van der Waals surface area contributed by atoms with Crippen LogP contribution in [0.5, 0.6) is 0 Å². The van der Waals surface area contributed by atoms with E-state index in [0.29, 0.717) is 24.1 Å². The first-order valence-electron chi connectivity index (χ1n) is 11.4. The van der Waals surface area contributed by atoms with Crippen LogP contribution in [-0.2, 0) is 17.8 Å². The molecule has 3 aromatic carbocycles. The predicted octanol–water partition coefficient (Wildman–Crippen LogP) is 3.72. The molecule has 1 aliphatic heterocycles. The Balaban J connectivity index is 1.58. The highest BCUT2D eigenvalue weighted by atomic mass is 16.2. The number of benzene rings is 3. The van der Waals surface area contributed by atoms with Gasteiger partial charge in [-0.15, -0.1) is 0 Å². The highest BCUT2D eigenvalue weighted by molar-refractivity contribution is 6.06. The lowest BCUT2D eigenvalue weighted by atomic mass is 10.1. The molecule has 0 atom stereocenters. The van der Waals surface area contributed by atoms with Gasteiger partial charge >= 0.3 is 0 Å². The maximum Gasteiger partial charge on any atom is 0.258 e. The van der Waals surface area contributed by atoms with E-state index in [-0.39, 0.29) is 11.8 Å². The fraction of sp³-hybridized carbons (Fsp3) is 0.250. The summed E-state index contributed by atoms with van der Waals surface area (Å²) in [6, 6.07) is 26.2. The quantitative estimate of drug-likeness (QED) is 0.572. The van der Waals surface area contributed by atoms with E-state index in [1.807, 2.05) is 59.5 Å². The lowest BCUT2D eigenvalue weighted by Gasteiger charge is -2.32. The van der Waals surface area contributed by atoms with Gasteiger partial charge in [0.2, 0.25) is 5.91 Å². The topological polar surface area (TPSA) is 67.7 Å². The van der Waals surface area contributed by atoms with Crippen LogP contribution in [0.3, 0.4) is 0 Å². The SMILES string of the molecule is CN1CCN(C(=O)Cc2cccc(N(Cc3ccccc3)C(=O)c3ccc(C#N)cc3)c2)CC1. The number of likely N-dealkylation sites (N-methyl/N-ethyl adjacent to an activating group) is 1. The fourth-order valence-corrected chi connectivity index (χ4v) is 4.07. The number of amides is 2. The summed E-state index contributed by atoms with van der Waals surface area (Å²) >= 11 is 0. The van der Waals surface area contributed by atoms with Crippen LogP contribution in [0.4, 0.5) is 5.69 Å². The predicted molar refractivity (Wildman–Crippen MR) is 132 cm³/mol. The standard InChI is InChI=1S/C28H28N4O2/c1-30-14-16-31(17-15-30)27(33)19-24-8-5-9-26(18-24)32(21-23-6-3-2-4-7-23)28(34)25-12-10-22(20-29)11-13-25/h2-13,18H,14-17,19,21H2,1H3. The molecule has 172 valence electrons. The monoisotopic (exact) mass is 452 g/mol. The van der Waals surface area contributed by atoms with Gasteiger partial charge in [0.05, 0.1) is 24.6 Å². The Morgan fingerprint density at radius 2 is 1.56 bits per heavy atom. The maximum absolute atomic E-state index is 13.5. The maximum atomic E-state index is 13.5. The van der Waals surface area contributed by atoms with Crippen LogP contribution in [0.2, 0.25) is 0 Å². The molecule has 1 fully saturated rings. The minimum absolute atomic E-state index is 0.110. The zero-order valence-corrected chi connectivity index (χ0v) is 19.4. The van der Waals surface area contributed by atoms with E-state index in [4.69, 9.17) is 5.26 Å². The minimum Gasteiger partial charge on any atom is -0.340 e. The Morgan fingerprint density at radius 3 is 2.24 bits per heavy atom. The number of hydrogen-bond donors (Lipinski definition) is 0. The summed E-state index contributed by atoms with van der Waals surface area (Å²) in [5.74, 6) is -0.0471. The Labute approximate surface area is 200 Å². The molecule has 6 nitrogen and oxygen atoms in total. The van der Waals surface area contributed by atoms with Crippen LogP contribution in [0.1, 0.15) is 27.0 Å². The minimum atomic E-state index is -0.157. The molecule has 0 aromatic heterocycles. The van der Waals surface area contributed by atoms with Crippen molar-refractivity contribution in [3.8, 4) is 6.07 Å². The first-order valence-corrected chi connectivity index (χ1v) is 11.4. The Hall–Kier alpha value is -3.95. The number of nitrogens with zero attached hydrogens (tertiary/aromatic N) is 4. The van der Waals surface area contributed by atoms with E-state index in [1.165, 1.54) is 0 Å². The summed E-state index contributed by atoms with van der Waals surface area (Å²) in [6.45, 7) is 3.65. The second-order valence-corrected chi connectivity index (χ2v) is 8.60. The van der Waals surface area contributed by atoms with E-state index in [9.17, 15) is 9.59 Å². The van der Waals surface area contributed by atoms with Crippen molar-refractivity contribution in [2.24, 2.45) is 0 Å². The number of carbonyl (C=O) groups is 2. The molecule has 1 aliphatic rings. The lowest BCUT2D eigenvalue weighted by molar-refractivity contribution is -0.132. The smallest absolute Gasteiger partial charge is 0.258 e. The first-order chi connectivity index (χ1) is 16.5.